The number of nitrogens with zero attached hydrogens (tertiary/aromatic N) is 2. The molecule has 0 aliphatic heterocycles. The van der Waals surface area contributed by atoms with Crippen LogP contribution in [0.15, 0.2) is 30.6 Å². The molecule has 0 aliphatic carbocycles. The third kappa shape index (κ3) is 2.76. The summed E-state index contributed by atoms with van der Waals surface area (Å²) in [5.41, 5.74) is 6.95. The Bertz CT molecular complexity index is 515. The Morgan fingerprint density at radius 3 is 2.65 bits per heavy atom. The zero-order chi connectivity index (χ0) is 12.3. The Morgan fingerprint density at radius 1 is 1.29 bits per heavy atom. The highest BCUT2D eigenvalue weighted by atomic mass is 35.5. The molecular formula is C11H11ClN4O. The lowest BCUT2D eigenvalue weighted by atomic mass is 10.3. The third-order valence-electron chi connectivity index (χ3n) is 2.10. The van der Waals surface area contributed by atoms with Gasteiger partial charge in [-0.1, -0.05) is 11.6 Å². The first-order valence-electron chi connectivity index (χ1n) is 4.87. The second kappa shape index (κ2) is 4.88. The minimum atomic E-state index is 0.429. The van der Waals surface area contributed by atoms with Crippen LogP contribution in [0, 0.1) is 0 Å². The van der Waals surface area contributed by atoms with Gasteiger partial charge < -0.3 is 15.8 Å². The molecule has 0 amide bonds. The molecule has 3 N–H and O–H groups in total. The lowest BCUT2D eigenvalue weighted by Gasteiger charge is -2.07. The van der Waals surface area contributed by atoms with E-state index in [2.05, 4.69) is 15.3 Å². The van der Waals surface area contributed by atoms with Crippen molar-refractivity contribution in [3.63, 3.8) is 0 Å². The van der Waals surface area contributed by atoms with Crippen molar-refractivity contribution in [2.45, 2.75) is 0 Å². The van der Waals surface area contributed by atoms with Crippen LogP contribution in [0.25, 0.3) is 0 Å². The molecule has 0 radical (unpaired) electrons. The first kappa shape index (κ1) is 11.5. The summed E-state index contributed by atoms with van der Waals surface area (Å²) in [5.74, 6) is 1.02. The quantitative estimate of drug-likeness (QED) is 0.819. The van der Waals surface area contributed by atoms with Crippen LogP contribution in [-0.2, 0) is 0 Å². The highest BCUT2D eigenvalue weighted by Crippen LogP contribution is 2.26. The number of aromatic nitrogens is 2. The van der Waals surface area contributed by atoms with Crippen LogP contribution >= 0.6 is 11.6 Å². The van der Waals surface area contributed by atoms with Gasteiger partial charge >= 0.3 is 0 Å². The van der Waals surface area contributed by atoms with Crippen molar-refractivity contribution in [1.29, 1.82) is 0 Å². The Balaban J connectivity index is 2.22. The van der Waals surface area contributed by atoms with E-state index in [1.165, 1.54) is 0 Å². The molecule has 2 rings (SSSR count). The number of methoxy groups -OCH3 is 1. The molecule has 0 spiro atoms. The van der Waals surface area contributed by atoms with Crippen LogP contribution in [0.4, 0.5) is 17.3 Å². The highest BCUT2D eigenvalue weighted by Gasteiger charge is 2.03. The van der Waals surface area contributed by atoms with Gasteiger partial charge in [0.15, 0.2) is 5.75 Å². The molecule has 0 saturated carbocycles. The zero-order valence-corrected chi connectivity index (χ0v) is 9.90. The number of hydrogen-bond donors (Lipinski definition) is 2. The van der Waals surface area contributed by atoms with Crippen LogP contribution in [0.1, 0.15) is 0 Å². The monoisotopic (exact) mass is 250 g/mol. The molecule has 1 heterocycles. The molecule has 0 unspecified atom stereocenters. The van der Waals surface area contributed by atoms with E-state index < -0.39 is 0 Å². The van der Waals surface area contributed by atoms with Crippen molar-refractivity contribution in [1.82, 2.24) is 9.97 Å². The minimum absolute atomic E-state index is 0.429. The molecule has 2 aromatic rings. The third-order valence-corrected chi connectivity index (χ3v) is 2.43. The van der Waals surface area contributed by atoms with Crippen LogP contribution in [0.2, 0.25) is 5.02 Å². The number of anilines is 3. The molecule has 17 heavy (non-hydrogen) atoms. The summed E-state index contributed by atoms with van der Waals surface area (Å²) in [6, 6.07) is 5.15. The Kier molecular flexibility index (Phi) is 3.30. The van der Waals surface area contributed by atoms with Crippen LogP contribution < -0.4 is 15.8 Å². The van der Waals surface area contributed by atoms with Crippen molar-refractivity contribution < 1.29 is 4.74 Å². The fraction of sp³-hybridized carbons (Fsp3) is 0.0909. The summed E-state index contributed by atoms with van der Waals surface area (Å²) < 4.78 is 4.96. The van der Waals surface area contributed by atoms with Gasteiger partial charge in [0, 0.05) is 5.69 Å². The largest absolute Gasteiger partial charge is 0.494 e. The number of hydrogen-bond acceptors (Lipinski definition) is 5. The van der Waals surface area contributed by atoms with Gasteiger partial charge in [-0.05, 0) is 18.2 Å². The smallest absolute Gasteiger partial charge is 0.227 e. The van der Waals surface area contributed by atoms with Gasteiger partial charge in [0.05, 0.1) is 30.2 Å². The van der Waals surface area contributed by atoms with Crippen molar-refractivity contribution in [3.8, 4) is 5.75 Å². The summed E-state index contributed by atoms with van der Waals surface area (Å²) in [6.07, 6.45) is 3.13. The number of rotatable bonds is 3. The van der Waals surface area contributed by atoms with Gasteiger partial charge in [-0.25, -0.2) is 9.97 Å². The maximum Gasteiger partial charge on any atom is 0.227 e. The predicted octanol–water partition coefficient (Wildman–Crippen LogP) is 2.46. The molecule has 1 aromatic heterocycles. The van der Waals surface area contributed by atoms with Gasteiger partial charge in [-0.15, -0.1) is 0 Å². The van der Waals surface area contributed by atoms with E-state index in [1.807, 2.05) is 0 Å². The van der Waals surface area contributed by atoms with Crippen LogP contribution in [0.3, 0.4) is 0 Å². The summed E-state index contributed by atoms with van der Waals surface area (Å²) in [4.78, 5) is 8.14. The normalized spacial score (nSPS) is 10.0. The summed E-state index contributed by atoms with van der Waals surface area (Å²) in [6.45, 7) is 0. The Hall–Kier alpha value is -2.01. The average molecular weight is 251 g/mol. The molecular weight excluding hydrogens is 240 g/mol. The molecule has 1 aromatic carbocycles. The standard InChI is InChI=1S/C11H11ClN4O/c1-17-8-5-14-11(15-6-8)16-10-4-7(13)2-3-9(10)12/h2-6H,13H2,1H3,(H,14,15,16). The molecule has 0 aliphatic rings. The van der Waals surface area contributed by atoms with E-state index in [1.54, 1.807) is 37.7 Å². The number of ether oxygens (including phenoxy) is 1. The van der Waals surface area contributed by atoms with E-state index in [0.717, 1.165) is 0 Å². The Labute approximate surface area is 104 Å². The summed E-state index contributed by atoms with van der Waals surface area (Å²) >= 11 is 6.01. The lowest BCUT2D eigenvalue weighted by Crippen LogP contribution is -1.98. The van der Waals surface area contributed by atoms with Crippen molar-refractivity contribution in [2.75, 3.05) is 18.2 Å². The van der Waals surface area contributed by atoms with Gasteiger partial charge in [-0.2, -0.15) is 0 Å². The van der Waals surface area contributed by atoms with Crippen LogP contribution in [0.5, 0.6) is 5.75 Å². The number of nitrogens with one attached hydrogen (secondary N) is 1. The topological polar surface area (TPSA) is 73.1 Å². The molecule has 6 heteroatoms. The average Bonchev–Trinajstić information content (AvgIpc) is 2.35. The molecule has 88 valence electrons. The van der Waals surface area contributed by atoms with E-state index in [4.69, 9.17) is 22.1 Å². The van der Waals surface area contributed by atoms with Gasteiger partial charge in [-0.3, -0.25) is 0 Å². The second-order valence-electron chi connectivity index (χ2n) is 3.31. The van der Waals surface area contributed by atoms with Crippen LogP contribution in [-0.4, -0.2) is 17.1 Å². The number of benzene rings is 1. The lowest BCUT2D eigenvalue weighted by molar-refractivity contribution is 0.411. The first-order valence-corrected chi connectivity index (χ1v) is 5.25. The molecule has 0 atom stereocenters. The van der Waals surface area contributed by atoms with Gasteiger partial charge in [0.1, 0.15) is 0 Å². The van der Waals surface area contributed by atoms with E-state index in [-0.39, 0.29) is 0 Å². The SMILES string of the molecule is COc1cnc(Nc2cc(N)ccc2Cl)nc1. The minimum Gasteiger partial charge on any atom is -0.494 e. The fourth-order valence-electron chi connectivity index (χ4n) is 1.25. The maximum atomic E-state index is 6.01. The first-order chi connectivity index (χ1) is 8.19. The molecule has 5 nitrogen and oxygen atoms in total. The summed E-state index contributed by atoms with van der Waals surface area (Å²) in [7, 11) is 1.56. The predicted molar refractivity (Wildman–Crippen MR) is 67.7 cm³/mol. The maximum absolute atomic E-state index is 6.01. The van der Waals surface area contributed by atoms with Crippen molar-refractivity contribution >= 4 is 28.9 Å². The molecule has 0 saturated heterocycles. The number of halogens is 1. The van der Waals surface area contributed by atoms with E-state index in [0.29, 0.717) is 28.1 Å². The van der Waals surface area contributed by atoms with Crippen molar-refractivity contribution in [2.24, 2.45) is 0 Å². The fourth-order valence-corrected chi connectivity index (χ4v) is 1.41. The highest BCUT2D eigenvalue weighted by molar-refractivity contribution is 6.33. The number of nitrogens with two attached hydrogens (primary N) is 1. The second-order valence-corrected chi connectivity index (χ2v) is 3.72. The van der Waals surface area contributed by atoms with Crippen molar-refractivity contribution in [3.05, 3.63) is 35.6 Å². The van der Waals surface area contributed by atoms with E-state index >= 15 is 0 Å². The van der Waals surface area contributed by atoms with Gasteiger partial charge in [0.25, 0.3) is 0 Å². The zero-order valence-electron chi connectivity index (χ0n) is 9.14. The molecule has 0 fully saturated rings. The molecule has 0 bridgehead atoms. The number of nitrogen functional groups attached to an aromatic ring is 1. The van der Waals surface area contributed by atoms with Gasteiger partial charge in [0.2, 0.25) is 5.95 Å². The summed E-state index contributed by atoms with van der Waals surface area (Å²) in [5, 5.41) is 3.53. The Morgan fingerprint density at radius 2 is 2.00 bits per heavy atom. The van der Waals surface area contributed by atoms with E-state index in [9.17, 15) is 0 Å².